The van der Waals surface area contributed by atoms with Gasteiger partial charge in [-0.05, 0) is 41.7 Å². The molecule has 7 nitrogen and oxygen atoms in total. The lowest BCUT2D eigenvalue weighted by Crippen LogP contribution is -2.13. The fourth-order valence-electron chi connectivity index (χ4n) is 2.57. The molecule has 0 aliphatic rings. The summed E-state index contributed by atoms with van der Waals surface area (Å²) in [5.74, 6) is -0.375. The summed E-state index contributed by atoms with van der Waals surface area (Å²) in [4.78, 5) is 21.3. The van der Waals surface area contributed by atoms with Gasteiger partial charge in [-0.3, -0.25) is 20.1 Å². The van der Waals surface area contributed by atoms with E-state index in [0.717, 1.165) is 11.3 Å². The van der Waals surface area contributed by atoms with Crippen LogP contribution in [0.4, 0.5) is 5.13 Å². The molecule has 0 radical (unpaired) electrons. The van der Waals surface area contributed by atoms with E-state index in [4.69, 9.17) is 27.9 Å². The number of carbonyl (C=O) groups excluding carboxylic acids is 1. The lowest BCUT2D eigenvalue weighted by atomic mass is 10.1. The van der Waals surface area contributed by atoms with Crippen LogP contribution >= 0.6 is 34.5 Å². The molecule has 0 bridgehead atoms. The average Bonchev–Trinajstić information content (AvgIpc) is 3.21. The Morgan fingerprint density at radius 2 is 1.90 bits per heavy atom. The first-order chi connectivity index (χ1) is 14.6. The van der Waals surface area contributed by atoms with Crippen LogP contribution in [0.3, 0.4) is 0 Å². The summed E-state index contributed by atoms with van der Waals surface area (Å²) in [5, 5.41) is 12.3. The Morgan fingerprint density at radius 1 is 1.03 bits per heavy atom. The highest BCUT2D eigenvalue weighted by atomic mass is 35.5. The molecule has 0 spiro atoms. The van der Waals surface area contributed by atoms with Gasteiger partial charge in [0.25, 0.3) is 11.1 Å². The van der Waals surface area contributed by atoms with Crippen molar-refractivity contribution in [1.29, 1.82) is 0 Å². The Kier molecular flexibility index (Phi) is 6.18. The van der Waals surface area contributed by atoms with Crippen LogP contribution in [0, 0.1) is 0 Å². The van der Waals surface area contributed by atoms with Crippen LogP contribution in [-0.4, -0.2) is 26.1 Å². The summed E-state index contributed by atoms with van der Waals surface area (Å²) in [6, 6.07) is 14.0. The van der Waals surface area contributed by atoms with Crippen molar-refractivity contribution >= 4 is 45.6 Å². The van der Waals surface area contributed by atoms with Gasteiger partial charge in [-0.25, -0.2) is 0 Å². The number of anilines is 1. The number of pyridine rings is 2. The minimum atomic E-state index is -0.375. The van der Waals surface area contributed by atoms with E-state index in [-0.39, 0.29) is 12.5 Å². The quantitative estimate of drug-likeness (QED) is 0.431. The van der Waals surface area contributed by atoms with Gasteiger partial charge in [-0.1, -0.05) is 46.5 Å². The van der Waals surface area contributed by atoms with E-state index in [9.17, 15) is 4.79 Å². The molecule has 0 aliphatic carbocycles. The summed E-state index contributed by atoms with van der Waals surface area (Å²) in [6.07, 6.45) is 3.15. The van der Waals surface area contributed by atoms with E-state index in [1.807, 2.05) is 18.2 Å². The number of ether oxygens (including phenoxy) is 1. The van der Waals surface area contributed by atoms with Crippen LogP contribution in [0.2, 0.25) is 10.0 Å². The van der Waals surface area contributed by atoms with E-state index in [1.54, 1.807) is 36.5 Å². The number of carbonyl (C=O) groups is 1. The Hall–Kier alpha value is -3.07. The van der Waals surface area contributed by atoms with Crippen LogP contribution in [0.15, 0.2) is 60.9 Å². The van der Waals surface area contributed by atoms with Crippen molar-refractivity contribution in [3.63, 3.8) is 0 Å². The molecule has 1 aromatic carbocycles. The highest BCUT2D eigenvalue weighted by Crippen LogP contribution is 2.29. The number of nitrogens with zero attached hydrogens (tertiary/aromatic N) is 4. The molecule has 0 aliphatic heterocycles. The number of nitrogens with one attached hydrogen (secondary N) is 1. The third-order valence-electron chi connectivity index (χ3n) is 3.94. The first-order valence-corrected chi connectivity index (χ1v) is 10.3. The zero-order chi connectivity index (χ0) is 20.9. The van der Waals surface area contributed by atoms with Crippen molar-refractivity contribution in [2.45, 2.75) is 6.61 Å². The second-order valence-corrected chi connectivity index (χ2v) is 7.75. The van der Waals surface area contributed by atoms with Crippen molar-refractivity contribution in [3.8, 4) is 16.5 Å². The Morgan fingerprint density at radius 3 is 2.70 bits per heavy atom. The molecular weight excluding hydrogens is 445 g/mol. The van der Waals surface area contributed by atoms with E-state index in [2.05, 4.69) is 25.5 Å². The van der Waals surface area contributed by atoms with E-state index in [0.29, 0.717) is 42.9 Å². The maximum atomic E-state index is 12.8. The van der Waals surface area contributed by atoms with Gasteiger partial charge in [0.2, 0.25) is 5.13 Å². The molecule has 10 heteroatoms. The minimum absolute atomic E-state index is 0.207. The predicted octanol–water partition coefficient (Wildman–Crippen LogP) is 5.13. The van der Waals surface area contributed by atoms with Crippen molar-refractivity contribution < 1.29 is 9.53 Å². The summed E-state index contributed by atoms with van der Waals surface area (Å²) in [6.45, 7) is 0.207. The van der Waals surface area contributed by atoms with E-state index >= 15 is 0 Å². The van der Waals surface area contributed by atoms with Crippen LogP contribution in [0.5, 0.6) is 5.19 Å². The summed E-state index contributed by atoms with van der Waals surface area (Å²) < 4.78 is 5.57. The molecule has 0 saturated carbocycles. The first-order valence-electron chi connectivity index (χ1n) is 8.68. The van der Waals surface area contributed by atoms with Gasteiger partial charge >= 0.3 is 0 Å². The molecule has 0 saturated heterocycles. The fourth-order valence-corrected chi connectivity index (χ4v) is 3.49. The van der Waals surface area contributed by atoms with E-state index in [1.165, 1.54) is 6.20 Å². The molecular formula is C20H13Cl2N5O2S. The molecule has 150 valence electrons. The molecule has 0 unspecified atom stereocenters. The lowest BCUT2D eigenvalue weighted by Gasteiger charge is -2.09. The highest BCUT2D eigenvalue weighted by molar-refractivity contribution is 7.17. The van der Waals surface area contributed by atoms with Gasteiger partial charge in [-0.2, -0.15) is 0 Å². The van der Waals surface area contributed by atoms with Gasteiger partial charge < -0.3 is 4.74 Å². The Labute approximate surface area is 185 Å². The zero-order valence-electron chi connectivity index (χ0n) is 15.3. The third kappa shape index (κ3) is 4.73. The lowest BCUT2D eigenvalue weighted by molar-refractivity contribution is 0.102. The van der Waals surface area contributed by atoms with Gasteiger partial charge in [-0.15, -0.1) is 5.10 Å². The number of aromatic nitrogens is 4. The standard InChI is InChI=1S/C20H13Cl2N5O2S/c21-12-7-8-13(24-10-12)11-29-20-27-26-19(30-20)25-18(28)15-5-3-9-23-17(15)14-4-1-2-6-16(14)22/h1-10H,11H2,(H,25,26,28). The molecule has 1 amide bonds. The van der Waals surface area contributed by atoms with Gasteiger partial charge in [0.15, 0.2) is 0 Å². The number of hydrogen-bond donors (Lipinski definition) is 1. The van der Waals surface area contributed by atoms with Gasteiger partial charge in [0, 0.05) is 23.0 Å². The van der Waals surface area contributed by atoms with Crippen molar-refractivity contribution in [3.05, 3.63) is 82.2 Å². The maximum absolute atomic E-state index is 12.8. The van der Waals surface area contributed by atoms with Crippen LogP contribution in [0.1, 0.15) is 16.1 Å². The third-order valence-corrected chi connectivity index (χ3v) is 5.24. The highest BCUT2D eigenvalue weighted by Gasteiger charge is 2.17. The topological polar surface area (TPSA) is 89.9 Å². The SMILES string of the molecule is O=C(Nc1nnc(OCc2ccc(Cl)cn2)s1)c1cccnc1-c1ccccc1Cl. The van der Waals surface area contributed by atoms with Gasteiger partial charge in [0.1, 0.15) is 6.61 Å². The summed E-state index contributed by atoms with van der Waals surface area (Å²) in [5.41, 5.74) is 2.21. The number of hydrogen-bond acceptors (Lipinski definition) is 7. The number of amides is 1. The Bertz CT molecular complexity index is 1180. The molecule has 0 fully saturated rings. The van der Waals surface area contributed by atoms with Crippen molar-refractivity contribution in [1.82, 2.24) is 20.2 Å². The fraction of sp³-hybridized carbons (Fsp3) is 0.0500. The predicted molar refractivity (Wildman–Crippen MR) is 116 cm³/mol. The smallest absolute Gasteiger partial charge is 0.296 e. The minimum Gasteiger partial charge on any atom is -0.462 e. The molecule has 1 N–H and O–H groups in total. The second kappa shape index (κ2) is 9.17. The number of halogens is 2. The average molecular weight is 458 g/mol. The first kappa shape index (κ1) is 20.2. The number of benzene rings is 1. The summed E-state index contributed by atoms with van der Waals surface area (Å²) in [7, 11) is 0. The molecule has 30 heavy (non-hydrogen) atoms. The number of rotatable bonds is 6. The van der Waals surface area contributed by atoms with Crippen LogP contribution in [-0.2, 0) is 6.61 Å². The molecule has 4 rings (SSSR count). The van der Waals surface area contributed by atoms with Crippen molar-refractivity contribution in [2.75, 3.05) is 5.32 Å². The molecule has 3 aromatic heterocycles. The van der Waals surface area contributed by atoms with Crippen LogP contribution in [0.25, 0.3) is 11.3 Å². The monoisotopic (exact) mass is 457 g/mol. The normalized spacial score (nSPS) is 10.6. The van der Waals surface area contributed by atoms with Crippen LogP contribution < -0.4 is 10.1 Å². The zero-order valence-corrected chi connectivity index (χ0v) is 17.6. The van der Waals surface area contributed by atoms with E-state index < -0.39 is 0 Å². The van der Waals surface area contributed by atoms with Crippen molar-refractivity contribution in [2.24, 2.45) is 0 Å². The molecule has 3 heterocycles. The molecule has 4 aromatic rings. The molecule has 0 atom stereocenters. The second-order valence-electron chi connectivity index (χ2n) is 5.96. The maximum Gasteiger partial charge on any atom is 0.296 e. The summed E-state index contributed by atoms with van der Waals surface area (Å²) >= 11 is 13.2. The largest absolute Gasteiger partial charge is 0.462 e. The Balaban J connectivity index is 1.46. The van der Waals surface area contributed by atoms with Gasteiger partial charge in [0.05, 0.1) is 22.0 Å².